The summed E-state index contributed by atoms with van der Waals surface area (Å²) in [6.07, 6.45) is -2.01. The molecule has 2 aromatic rings. The second kappa shape index (κ2) is 4.58. The van der Waals surface area contributed by atoms with E-state index >= 15 is 0 Å². The first-order valence-electron chi connectivity index (χ1n) is 10.9. The van der Waals surface area contributed by atoms with E-state index in [0.29, 0.717) is 0 Å². The van der Waals surface area contributed by atoms with Crippen molar-refractivity contribution in [1.29, 1.82) is 0 Å². The number of aromatic nitrogens is 1. The maximum Gasteiger partial charge on any atom is 0.120 e. The number of aromatic amines is 1. The number of fused-ring (bicyclic) bond motifs is 1. The van der Waals surface area contributed by atoms with Gasteiger partial charge in [-0.25, -0.2) is 0 Å². The fourth-order valence-electron chi connectivity index (χ4n) is 1.39. The Bertz CT molecular complexity index is 863. The second-order valence-electron chi connectivity index (χ2n) is 3.08. The maximum absolute atomic E-state index is 8.27. The SMILES string of the molecule is [2H]C([2H])([2H])Oc1ccc2c(C([2H])([2H])C([2H])([2H])N(C([2H])([2H])[2H])C([2H])([2H])[2H])c[nH]c2c1. The first kappa shape index (κ1) is 3.26. The third kappa shape index (κ3) is 2.19. The van der Waals surface area contributed by atoms with Crippen molar-refractivity contribution in [3.8, 4) is 5.75 Å². The molecule has 0 aliphatic rings. The summed E-state index contributed by atoms with van der Waals surface area (Å²) in [7, 11) is -2.71. The summed E-state index contributed by atoms with van der Waals surface area (Å²) in [5.74, 6) is -0.0546. The molecule has 3 nitrogen and oxygen atoms in total. The molecule has 2 rings (SSSR count). The minimum absolute atomic E-state index is 0.0546. The van der Waals surface area contributed by atoms with E-state index in [1.54, 1.807) is 0 Å². The molecule has 1 aromatic carbocycles. The number of nitrogens with zero attached hydrogens (tertiary/aromatic N) is 1. The van der Waals surface area contributed by atoms with Crippen LogP contribution in [-0.2, 0) is 6.37 Å². The van der Waals surface area contributed by atoms with Gasteiger partial charge in [0.1, 0.15) is 5.75 Å². The Morgan fingerprint density at radius 2 is 2.44 bits per heavy atom. The zero-order valence-corrected chi connectivity index (χ0v) is 8.16. The molecule has 1 N–H and O–H groups in total. The highest BCUT2D eigenvalue weighted by atomic mass is 16.5. The van der Waals surface area contributed by atoms with Gasteiger partial charge >= 0.3 is 0 Å². The van der Waals surface area contributed by atoms with E-state index in [0.717, 1.165) is 6.20 Å². The molecule has 0 aliphatic carbocycles. The lowest BCUT2D eigenvalue weighted by molar-refractivity contribution is 0.414. The van der Waals surface area contributed by atoms with Gasteiger partial charge in [0.25, 0.3) is 0 Å². The summed E-state index contributed by atoms with van der Waals surface area (Å²) >= 11 is 0. The molecule has 0 fully saturated rings. The smallest absolute Gasteiger partial charge is 0.120 e. The van der Waals surface area contributed by atoms with Gasteiger partial charge in [0, 0.05) is 43.4 Å². The Morgan fingerprint density at radius 3 is 3.25 bits per heavy atom. The summed E-state index contributed by atoms with van der Waals surface area (Å²) in [5.41, 5.74) is -0.146. The minimum Gasteiger partial charge on any atom is -0.497 e. The van der Waals surface area contributed by atoms with Crippen molar-refractivity contribution in [3.63, 3.8) is 0 Å². The van der Waals surface area contributed by atoms with E-state index in [4.69, 9.17) is 22.6 Å². The Balaban J connectivity index is 2.58. The molecule has 1 heterocycles. The summed E-state index contributed by atoms with van der Waals surface area (Å²) in [6, 6.07) is 3.75. The zero-order chi connectivity index (χ0) is 22.6. The van der Waals surface area contributed by atoms with Crippen LogP contribution in [0.3, 0.4) is 0 Å². The molecule has 0 saturated heterocycles. The maximum atomic E-state index is 8.27. The van der Waals surface area contributed by atoms with Crippen LogP contribution >= 0.6 is 0 Å². The topological polar surface area (TPSA) is 28.3 Å². The van der Waals surface area contributed by atoms with Gasteiger partial charge in [0.2, 0.25) is 0 Å². The molecule has 0 saturated carbocycles. The number of H-pyrrole nitrogens is 1. The molecule has 0 unspecified atom stereocenters. The van der Waals surface area contributed by atoms with E-state index in [-0.39, 0.29) is 22.2 Å². The summed E-state index contributed by atoms with van der Waals surface area (Å²) < 4.78 is 103. The highest BCUT2D eigenvalue weighted by Crippen LogP contribution is 2.23. The number of benzene rings is 1. The first-order chi connectivity index (χ1) is 12.8. The number of ether oxygens (including phenoxy) is 1. The lowest BCUT2D eigenvalue weighted by Crippen LogP contribution is -2.14. The van der Waals surface area contributed by atoms with Crippen molar-refractivity contribution in [2.45, 2.75) is 6.37 Å². The third-order valence-corrected chi connectivity index (χ3v) is 2.07. The standard InChI is InChI=1S/C13H18N2O/c1-15(2)7-6-10-9-14-13-8-11(16-3)4-5-12(10)13/h4-5,8-9,14H,6-7H2,1-3H3/i1D3,2D3,3D3,6D2,7D2. The number of hydrogen-bond donors (Lipinski definition) is 1. The Kier molecular flexibility index (Phi) is 0.933. The van der Waals surface area contributed by atoms with Gasteiger partial charge < -0.3 is 14.6 Å². The van der Waals surface area contributed by atoms with Crippen LogP contribution in [0, 0.1) is 0 Å². The zero-order valence-electron chi connectivity index (χ0n) is 21.2. The van der Waals surface area contributed by atoms with Crippen LogP contribution in [0.25, 0.3) is 10.9 Å². The van der Waals surface area contributed by atoms with Crippen LogP contribution in [0.15, 0.2) is 24.4 Å². The molecule has 16 heavy (non-hydrogen) atoms. The van der Waals surface area contributed by atoms with Crippen molar-refractivity contribution >= 4 is 10.9 Å². The molecule has 0 amide bonds. The fraction of sp³-hybridized carbons (Fsp3) is 0.385. The Morgan fingerprint density at radius 1 is 1.50 bits per heavy atom. The van der Waals surface area contributed by atoms with Gasteiger partial charge in [-0.15, -0.1) is 0 Å². The number of hydrogen-bond acceptors (Lipinski definition) is 2. The average molecular weight is 231 g/mol. The van der Waals surface area contributed by atoms with Crippen LogP contribution in [-0.4, -0.2) is 37.4 Å². The van der Waals surface area contributed by atoms with Crippen molar-refractivity contribution in [2.75, 3.05) is 27.5 Å². The number of likely N-dealkylation sites (N-methyl/N-ethyl adjacent to an activating group) is 1. The largest absolute Gasteiger partial charge is 0.497 e. The number of aryl methyl sites for hydroxylation is 1. The monoisotopic (exact) mass is 231 g/mol. The van der Waals surface area contributed by atoms with Gasteiger partial charge in [-0.3, -0.25) is 0 Å². The van der Waals surface area contributed by atoms with Crippen LogP contribution in [0.5, 0.6) is 5.75 Å². The van der Waals surface area contributed by atoms with E-state index in [1.807, 2.05) is 0 Å². The molecule has 0 radical (unpaired) electrons. The predicted octanol–water partition coefficient (Wildman–Crippen LogP) is 2.28. The fourth-order valence-corrected chi connectivity index (χ4v) is 1.39. The van der Waals surface area contributed by atoms with Crippen LogP contribution in [0.2, 0.25) is 0 Å². The molecule has 86 valence electrons. The summed E-state index contributed by atoms with van der Waals surface area (Å²) in [5, 5.41) is 0.104. The van der Waals surface area contributed by atoms with Crippen molar-refractivity contribution in [3.05, 3.63) is 30.0 Å². The Hall–Kier alpha value is -1.48. The van der Waals surface area contributed by atoms with Gasteiger partial charge in [-0.05, 0) is 38.0 Å². The molecule has 0 bridgehead atoms. The quantitative estimate of drug-likeness (QED) is 0.874. The molecule has 0 atom stereocenters. The Labute approximate surface area is 114 Å². The van der Waals surface area contributed by atoms with Gasteiger partial charge in [0.05, 0.1) is 11.2 Å². The first-order valence-corrected chi connectivity index (χ1v) is 4.39. The van der Waals surface area contributed by atoms with Crippen LogP contribution < -0.4 is 4.74 Å². The van der Waals surface area contributed by atoms with E-state index < -0.39 is 38.8 Å². The van der Waals surface area contributed by atoms with E-state index in [9.17, 15) is 0 Å². The number of nitrogens with one attached hydrogen (secondary N) is 1. The molecule has 0 aliphatic heterocycles. The van der Waals surface area contributed by atoms with Crippen LogP contribution in [0.4, 0.5) is 0 Å². The average Bonchev–Trinajstić information content (AvgIpc) is 2.84. The summed E-state index contributed by atoms with van der Waals surface area (Å²) in [6.45, 7) is -10.4. The molecular weight excluding hydrogens is 200 g/mol. The second-order valence-corrected chi connectivity index (χ2v) is 3.08. The number of methoxy groups -OCH3 is 1. The lowest BCUT2D eigenvalue weighted by Gasteiger charge is -2.08. The van der Waals surface area contributed by atoms with Crippen molar-refractivity contribution in [2.24, 2.45) is 0 Å². The lowest BCUT2D eigenvalue weighted by atomic mass is 10.1. The van der Waals surface area contributed by atoms with Crippen LogP contribution in [0.1, 0.15) is 23.4 Å². The predicted molar refractivity (Wildman–Crippen MR) is 67.1 cm³/mol. The molecular formula is C13H18N2O. The minimum atomic E-state index is -3.47. The number of rotatable bonds is 4. The van der Waals surface area contributed by atoms with E-state index in [2.05, 4.69) is 4.98 Å². The van der Waals surface area contributed by atoms with Gasteiger partial charge in [-0.2, -0.15) is 0 Å². The molecule has 1 aromatic heterocycles. The van der Waals surface area contributed by atoms with Crippen molar-refractivity contribution < 1.29 is 22.6 Å². The van der Waals surface area contributed by atoms with Gasteiger partial charge in [0.15, 0.2) is 0 Å². The van der Waals surface area contributed by atoms with Gasteiger partial charge in [-0.1, -0.05) is 0 Å². The third-order valence-electron chi connectivity index (χ3n) is 2.07. The highest BCUT2D eigenvalue weighted by molar-refractivity contribution is 5.84. The molecule has 0 spiro atoms. The summed E-state index contributed by atoms with van der Waals surface area (Å²) in [4.78, 5) is 2.19. The van der Waals surface area contributed by atoms with Crippen molar-refractivity contribution in [1.82, 2.24) is 9.88 Å². The highest BCUT2D eigenvalue weighted by Gasteiger charge is 2.04. The van der Waals surface area contributed by atoms with E-state index in [1.165, 1.54) is 18.2 Å². The normalized spacial score (nSPS) is 27.4. The molecule has 3 heteroatoms.